The minimum atomic E-state index is -0.101. The van der Waals surface area contributed by atoms with Gasteiger partial charge in [0.2, 0.25) is 0 Å². The molecule has 0 aliphatic heterocycles. The number of rotatable bonds is 5. The van der Waals surface area contributed by atoms with Gasteiger partial charge >= 0.3 is 0 Å². The minimum Gasteiger partial charge on any atom is -0.494 e. The lowest BCUT2D eigenvalue weighted by molar-refractivity contribution is 0.0951. The van der Waals surface area contributed by atoms with Crippen molar-refractivity contribution in [2.75, 3.05) is 6.61 Å². The fraction of sp³-hybridized carbons (Fsp3) is 0.235. The third kappa shape index (κ3) is 4.23. The van der Waals surface area contributed by atoms with Crippen molar-refractivity contribution in [2.24, 2.45) is 0 Å². The Kier molecular flexibility index (Phi) is 5.23. The zero-order chi connectivity index (χ0) is 15.2. The van der Waals surface area contributed by atoms with Crippen molar-refractivity contribution in [2.45, 2.75) is 20.4 Å². The van der Waals surface area contributed by atoms with Gasteiger partial charge in [-0.3, -0.25) is 4.79 Å². The van der Waals surface area contributed by atoms with Crippen LogP contribution in [0.4, 0.5) is 0 Å². The highest BCUT2D eigenvalue weighted by molar-refractivity contribution is 6.30. The summed E-state index contributed by atoms with van der Waals surface area (Å²) in [5.41, 5.74) is 2.59. The van der Waals surface area contributed by atoms with Gasteiger partial charge in [0, 0.05) is 17.1 Å². The van der Waals surface area contributed by atoms with E-state index in [-0.39, 0.29) is 5.91 Å². The number of carbonyl (C=O) groups is 1. The Morgan fingerprint density at radius 1 is 1.19 bits per heavy atom. The standard InChI is InChI=1S/C17H18ClNO2/c1-3-21-16-9-6-14(10-12(16)2)17(20)19-11-13-4-7-15(18)8-5-13/h4-10H,3,11H2,1-2H3,(H,19,20). The molecule has 2 rings (SSSR count). The number of benzene rings is 2. The van der Waals surface area contributed by atoms with Crippen LogP contribution in [0.3, 0.4) is 0 Å². The maximum Gasteiger partial charge on any atom is 0.251 e. The highest BCUT2D eigenvalue weighted by Crippen LogP contribution is 2.19. The third-order valence-electron chi connectivity index (χ3n) is 3.10. The fourth-order valence-corrected chi connectivity index (χ4v) is 2.12. The van der Waals surface area contributed by atoms with Crippen molar-refractivity contribution in [1.82, 2.24) is 5.32 Å². The van der Waals surface area contributed by atoms with E-state index in [0.29, 0.717) is 23.7 Å². The number of nitrogens with one attached hydrogen (secondary N) is 1. The van der Waals surface area contributed by atoms with Crippen LogP contribution >= 0.6 is 11.6 Å². The van der Waals surface area contributed by atoms with Crippen molar-refractivity contribution >= 4 is 17.5 Å². The van der Waals surface area contributed by atoms with Gasteiger partial charge in [-0.15, -0.1) is 0 Å². The summed E-state index contributed by atoms with van der Waals surface area (Å²) in [4.78, 5) is 12.1. The lowest BCUT2D eigenvalue weighted by Crippen LogP contribution is -2.22. The van der Waals surface area contributed by atoms with Crippen molar-refractivity contribution in [3.05, 3.63) is 64.2 Å². The Balaban J connectivity index is 2.00. The van der Waals surface area contributed by atoms with Crippen LogP contribution < -0.4 is 10.1 Å². The third-order valence-corrected chi connectivity index (χ3v) is 3.36. The van der Waals surface area contributed by atoms with Gasteiger partial charge in [-0.05, 0) is 55.3 Å². The zero-order valence-electron chi connectivity index (χ0n) is 12.2. The molecule has 0 saturated carbocycles. The second kappa shape index (κ2) is 7.14. The van der Waals surface area contributed by atoms with Crippen molar-refractivity contribution in [1.29, 1.82) is 0 Å². The number of halogens is 1. The number of aryl methyl sites for hydroxylation is 1. The molecule has 3 nitrogen and oxygen atoms in total. The van der Waals surface area contributed by atoms with E-state index in [4.69, 9.17) is 16.3 Å². The van der Waals surface area contributed by atoms with Gasteiger partial charge in [0.05, 0.1) is 6.61 Å². The van der Waals surface area contributed by atoms with Crippen molar-refractivity contribution in [3.8, 4) is 5.75 Å². The predicted octanol–water partition coefficient (Wildman–Crippen LogP) is 3.98. The Hall–Kier alpha value is -2.00. The molecule has 21 heavy (non-hydrogen) atoms. The molecule has 0 unspecified atom stereocenters. The maximum atomic E-state index is 12.1. The van der Waals surface area contributed by atoms with Crippen LogP contribution in [0.2, 0.25) is 5.02 Å². The van der Waals surface area contributed by atoms with E-state index in [2.05, 4.69) is 5.32 Å². The molecular weight excluding hydrogens is 286 g/mol. The van der Waals surface area contributed by atoms with Crippen molar-refractivity contribution in [3.63, 3.8) is 0 Å². The first-order valence-corrected chi connectivity index (χ1v) is 7.24. The molecule has 0 saturated heterocycles. The van der Waals surface area contributed by atoms with Crippen LogP contribution in [0, 0.1) is 6.92 Å². The van der Waals surface area contributed by atoms with Gasteiger partial charge < -0.3 is 10.1 Å². The molecular formula is C17H18ClNO2. The molecule has 0 radical (unpaired) electrons. The minimum absolute atomic E-state index is 0.101. The van der Waals surface area contributed by atoms with Crippen LogP contribution in [-0.2, 0) is 6.54 Å². The smallest absolute Gasteiger partial charge is 0.251 e. The Morgan fingerprint density at radius 2 is 1.90 bits per heavy atom. The van der Waals surface area contributed by atoms with Crippen LogP contribution in [0.25, 0.3) is 0 Å². The number of ether oxygens (including phenoxy) is 1. The number of carbonyl (C=O) groups excluding carboxylic acids is 1. The molecule has 0 spiro atoms. The molecule has 0 heterocycles. The average molecular weight is 304 g/mol. The molecule has 2 aromatic rings. The molecule has 0 fully saturated rings. The molecule has 1 N–H and O–H groups in total. The van der Waals surface area contributed by atoms with Gasteiger partial charge in [-0.1, -0.05) is 23.7 Å². The summed E-state index contributed by atoms with van der Waals surface area (Å²) in [6.45, 7) is 4.96. The van der Waals surface area contributed by atoms with E-state index in [0.717, 1.165) is 16.9 Å². The van der Waals surface area contributed by atoms with E-state index >= 15 is 0 Å². The molecule has 2 aromatic carbocycles. The largest absolute Gasteiger partial charge is 0.494 e. The van der Waals surface area contributed by atoms with E-state index < -0.39 is 0 Å². The first-order chi connectivity index (χ1) is 10.1. The number of hydrogen-bond acceptors (Lipinski definition) is 2. The van der Waals surface area contributed by atoms with Crippen LogP contribution in [-0.4, -0.2) is 12.5 Å². The predicted molar refractivity (Wildman–Crippen MR) is 85.0 cm³/mol. The summed E-state index contributed by atoms with van der Waals surface area (Å²) in [7, 11) is 0. The fourth-order valence-electron chi connectivity index (χ4n) is 1.99. The lowest BCUT2D eigenvalue weighted by atomic mass is 10.1. The molecule has 1 amide bonds. The number of hydrogen-bond donors (Lipinski definition) is 1. The summed E-state index contributed by atoms with van der Waals surface area (Å²) in [6.07, 6.45) is 0. The van der Waals surface area contributed by atoms with Gasteiger partial charge in [0.15, 0.2) is 0 Å². The Bertz CT molecular complexity index is 623. The van der Waals surface area contributed by atoms with Crippen LogP contribution in [0.15, 0.2) is 42.5 Å². The second-order valence-electron chi connectivity index (χ2n) is 4.72. The van der Waals surface area contributed by atoms with Gasteiger partial charge in [-0.2, -0.15) is 0 Å². The highest BCUT2D eigenvalue weighted by atomic mass is 35.5. The zero-order valence-corrected chi connectivity index (χ0v) is 12.9. The Morgan fingerprint density at radius 3 is 2.52 bits per heavy atom. The van der Waals surface area contributed by atoms with Crippen LogP contribution in [0.5, 0.6) is 5.75 Å². The van der Waals surface area contributed by atoms with E-state index in [1.54, 1.807) is 6.07 Å². The quantitative estimate of drug-likeness (QED) is 0.907. The van der Waals surface area contributed by atoms with Crippen LogP contribution in [0.1, 0.15) is 28.4 Å². The summed E-state index contributed by atoms with van der Waals surface area (Å²) in [5.74, 6) is 0.711. The summed E-state index contributed by atoms with van der Waals surface area (Å²) in [6, 6.07) is 12.8. The molecule has 4 heteroatoms. The second-order valence-corrected chi connectivity index (χ2v) is 5.16. The maximum absolute atomic E-state index is 12.1. The molecule has 110 valence electrons. The van der Waals surface area contributed by atoms with Gasteiger partial charge in [0.25, 0.3) is 5.91 Å². The average Bonchev–Trinajstić information content (AvgIpc) is 2.48. The lowest BCUT2D eigenvalue weighted by Gasteiger charge is -2.10. The molecule has 0 aliphatic carbocycles. The highest BCUT2D eigenvalue weighted by Gasteiger charge is 2.08. The first kappa shape index (κ1) is 15.4. The van der Waals surface area contributed by atoms with E-state index in [1.165, 1.54) is 0 Å². The topological polar surface area (TPSA) is 38.3 Å². The van der Waals surface area contributed by atoms with E-state index in [1.807, 2.05) is 50.2 Å². The first-order valence-electron chi connectivity index (χ1n) is 6.86. The molecule has 0 bridgehead atoms. The summed E-state index contributed by atoms with van der Waals surface area (Å²) in [5, 5.41) is 3.58. The molecule has 0 aliphatic rings. The normalized spacial score (nSPS) is 10.2. The SMILES string of the molecule is CCOc1ccc(C(=O)NCc2ccc(Cl)cc2)cc1C. The summed E-state index contributed by atoms with van der Waals surface area (Å²) >= 11 is 5.83. The van der Waals surface area contributed by atoms with E-state index in [9.17, 15) is 4.79 Å². The van der Waals surface area contributed by atoms with Crippen molar-refractivity contribution < 1.29 is 9.53 Å². The van der Waals surface area contributed by atoms with Gasteiger partial charge in [0.1, 0.15) is 5.75 Å². The molecule has 0 atom stereocenters. The number of amides is 1. The van der Waals surface area contributed by atoms with Gasteiger partial charge in [-0.25, -0.2) is 0 Å². The monoisotopic (exact) mass is 303 g/mol. The molecule has 0 aromatic heterocycles. The Labute approximate surface area is 129 Å². The summed E-state index contributed by atoms with van der Waals surface area (Å²) < 4.78 is 5.47.